The van der Waals surface area contributed by atoms with E-state index in [1.807, 2.05) is 106 Å². The Labute approximate surface area is 637 Å². The lowest BCUT2D eigenvalue weighted by molar-refractivity contribution is -0.873. The third-order valence-corrected chi connectivity index (χ3v) is 18.7. The average Bonchev–Trinajstić information content (AvgIpc) is 0.771. The molecule has 19 unspecified atom stereocenters. The molecule has 0 aromatic carbocycles. The fourth-order valence-corrected chi connectivity index (χ4v) is 13.8. The van der Waals surface area contributed by atoms with Gasteiger partial charge in [0.2, 0.25) is 0 Å². The molecule has 0 bridgehead atoms. The quantitative estimate of drug-likeness (QED) is 0.0252. The number of methoxy groups -OCH3 is 2. The third-order valence-electron chi connectivity index (χ3n) is 18.7. The van der Waals surface area contributed by atoms with Crippen LogP contribution in [0.3, 0.4) is 0 Å². The number of hydrogen-bond acceptors (Lipinski definition) is 36. The Morgan fingerprint density at radius 2 is 0.450 bits per heavy atom. The second-order valence-corrected chi connectivity index (χ2v) is 34.6. The molecule has 18 N–H and O–H groups in total. The highest BCUT2D eigenvalue weighted by Gasteiger charge is 2.58. The highest BCUT2D eigenvalue weighted by atomic mass is 16.8. The van der Waals surface area contributed by atoms with Crippen LogP contribution < -0.4 is 0 Å². The number of ether oxygens (including phenoxy) is 18. The predicted octanol–water partition coefficient (Wildman–Crippen LogP) is -12.3. The zero-order chi connectivity index (χ0) is 81.7. The van der Waals surface area contributed by atoms with Gasteiger partial charge in [-0.3, -0.25) is 0 Å². The van der Waals surface area contributed by atoms with Crippen molar-refractivity contribution in [3.05, 3.63) is 0 Å². The Morgan fingerprint density at radius 1 is 0.239 bits per heavy atom. The maximum absolute atomic E-state index is 12.4. The molecule has 6 aliphatic rings. The summed E-state index contributed by atoms with van der Waals surface area (Å²) in [6.45, 7) is -3.35. The van der Waals surface area contributed by atoms with E-state index in [0.717, 1.165) is 0 Å². The number of aliphatic hydroxyl groups excluding tert-OH is 18. The first kappa shape index (κ1) is 96.2. The van der Waals surface area contributed by atoms with Crippen molar-refractivity contribution in [3.8, 4) is 0 Å². The van der Waals surface area contributed by atoms with Crippen molar-refractivity contribution in [2.75, 3.05) is 225 Å². The summed E-state index contributed by atoms with van der Waals surface area (Å²) in [4.78, 5) is 0. The molecule has 6 fully saturated rings. The van der Waals surface area contributed by atoms with Gasteiger partial charge in [0, 0.05) is 14.2 Å². The minimum absolute atomic E-state index is 0.156. The Morgan fingerprint density at radius 3 is 0.706 bits per heavy atom. The lowest BCUT2D eigenvalue weighted by atomic mass is 9.95. The van der Waals surface area contributed by atoms with Gasteiger partial charge in [0.25, 0.3) is 0 Å². The molecule has 6 aliphatic heterocycles. The first-order valence-corrected chi connectivity index (χ1v) is 36.9. The minimum Gasteiger partial charge on any atom is -0.387 e. The van der Waals surface area contributed by atoms with E-state index in [0.29, 0.717) is 24.5 Å². The Kier molecular flexibility index (Phi) is 37.2. The van der Waals surface area contributed by atoms with Crippen LogP contribution in [-0.4, -0.2) is 554 Å². The Bertz CT molecular complexity index is 2580. The average molecular weight is 1600 g/mol. The zero-order valence-corrected chi connectivity index (χ0v) is 66.2. The minimum atomic E-state index is -2.29. The van der Waals surface area contributed by atoms with E-state index in [4.69, 9.17) is 85.3 Å². The van der Waals surface area contributed by atoms with Crippen LogP contribution in [0.1, 0.15) is 0 Å². The van der Waals surface area contributed by atoms with Gasteiger partial charge in [-0.2, -0.15) is 0 Å². The van der Waals surface area contributed by atoms with Crippen molar-refractivity contribution in [2.24, 2.45) is 0 Å². The number of nitrogens with zero attached hydrogens (tertiary/aromatic N) is 5. The highest BCUT2D eigenvalue weighted by molar-refractivity contribution is 5.00. The molecule has 35 atom stereocenters. The Hall–Kier alpha value is -1.64. The van der Waals surface area contributed by atoms with E-state index in [1.165, 1.54) is 14.2 Å². The van der Waals surface area contributed by atoms with Crippen LogP contribution in [0, 0.1) is 0 Å². The number of likely N-dealkylation sites (N-methyl/N-ethyl adjacent to an activating group) is 5. The lowest BCUT2D eigenvalue weighted by Gasteiger charge is -2.50. The van der Waals surface area contributed by atoms with Crippen LogP contribution in [-0.2, 0) is 85.3 Å². The maximum Gasteiger partial charge on any atom is 0.187 e. The summed E-state index contributed by atoms with van der Waals surface area (Å²) in [6, 6.07) is 0. The van der Waals surface area contributed by atoms with Crippen molar-refractivity contribution in [3.63, 3.8) is 0 Å². The van der Waals surface area contributed by atoms with E-state index in [2.05, 4.69) is 0 Å². The maximum atomic E-state index is 12.4. The fourth-order valence-electron chi connectivity index (χ4n) is 13.8. The number of rotatable bonds is 43. The van der Waals surface area contributed by atoms with E-state index >= 15 is 0 Å². The lowest BCUT2D eigenvalue weighted by Crippen LogP contribution is -2.68. The van der Waals surface area contributed by atoms with E-state index in [9.17, 15) is 91.9 Å². The van der Waals surface area contributed by atoms with Gasteiger partial charge in [0.1, 0.15) is 210 Å². The molecule has 6 heterocycles. The SMILES string of the molecule is CO[C@@H]1OC(COCC(O)C[N+](C)(C)C)[C@@H](O[C@H]2O[C@@H](CO[C@H]3O[C@@H](COCC(O)C[N+](C)(C)C)[C@H](O)C(O)C3O)[C@@H](O[C@@H]3OC(COCC(O)C[N+](C)(C)C)[C@@H](O[C@H]4O[C@@H](COCC(O)C[N+](C)(C)C)[C@@H](O[C@@H]5OC(COCC(O)C[N+](C)(C)C)[C@@H](OC)[C@@H](O)C5O)C(O)C4O)C(O)C3O)C(O)C2O)C(O)C1O. The molecule has 6 saturated heterocycles. The molecule has 0 amide bonds. The molecule has 0 aliphatic carbocycles. The van der Waals surface area contributed by atoms with Crippen LogP contribution in [0.5, 0.6) is 0 Å². The van der Waals surface area contributed by atoms with Gasteiger partial charge >= 0.3 is 0 Å². The summed E-state index contributed by atoms with van der Waals surface area (Å²) in [5.74, 6) is 0. The van der Waals surface area contributed by atoms with Crippen molar-refractivity contribution in [2.45, 2.75) is 215 Å². The monoisotopic (exact) mass is 1600 g/mol. The van der Waals surface area contributed by atoms with Gasteiger partial charge in [-0.25, -0.2) is 0 Å². The number of hydrogen-bond donors (Lipinski definition) is 18. The topological polar surface area (TPSA) is 530 Å². The van der Waals surface area contributed by atoms with Crippen molar-refractivity contribution in [1.82, 2.24) is 0 Å². The summed E-state index contributed by atoms with van der Waals surface area (Å²) in [7, 11) is 30.1. The van der Waals surface area contributed by atoms with E-state index in [1.54, 1.807) is 0 Å². The number of aliphatic hydroxyl groups is 18. The standard InChI is InChI=1S/C68H136N5O36/c1-69(2,3)18-34(74)23-94-28-39-45(79)46(80)52(86)64(100-39)99-33-44-62(51(85)57(91)68(105-44)106-59-41(101-63(93-17)53(87)48(59)82)30-96-25-36(76)20-71(7,8)9)109-67-56(90)50(84)61(43(104-67)32-98-27-38(78)22-73(13,14)15)108-66-55(89)49(83)60(42(103-66)31-97-26-37(77)21-72(10,11)12)107-65-54(88)47(81)58(92-16)40(102-65)29-95-24-35(75)19-70(4,5)6/h34-68,74-91H,18-33H2,1-17H3/q+5/t34?,35?,36?,37?,38?,39-,40?,41?,42-,43?,44-,45-,46?,47-,48?,49?,50?,51?,52?,53?,54?,55?,56?,57?,58+,59+,60+,61+,62+,63+,64-,65-,66+,67-,68+/m0/s1. The van der Waals surface area contributed by atoms with Gasteiger partial charge in [0.05, 0.1) is 178 Å². The largest absolute Gasteiger partial charge is 0.387 e. The molecule has 0 saturated carbocycles. The molecule has 41 heteroatoms. The summed E-state index contributed by atoms with van der Waals surface area (Å²) >= 11 is 0. The summed E-state index contributed by atoms with van der Waals surface area (Å²) < 4.78 is 110. The van der Waals surface area contributed by atoms with Crippen molar-refractivity contribution >= 4 is 0 Å². The summed E-state index contributed by atoms with van der Waals surface area (Å²) in [5.41, 5.74) is 0. The Balaban J connectivity index is 1.32. The fraction of sp³-hybridized carbons (Fsp3) is 1.00. The summed E-state index contributed by atoms with van der Waals surface area (Å²) in [6.07, 6.45) is -60.2. The van der Waals surface area contributed by atoms with Gasteiger partial charge < -0.3 is 200 Å². The first-order valence-electron chi connectivity index (χ1n) is 36.9. The van der Waals surface area contributed by atoms with Crippen LogP contribution in [0.4, 0.5) is 0 Å². The normalized spacial score (nSPS) is 39.8. The highest BCUT2D eigenvalue weighted by Crippen LogP contribution is 2.38. The number of quaternary nitrogens is 5. The van der Waals surface area contributed by atoms with E-state index < -0.39 is 248 Å². The molecule has 644 valence electrons. The van der Waals surface area contributed by atoms with Crippen LogP contribution in [0.2, 0.25) is 0 Å². The van der Waals surface area contributed by atoms with Crippen LogP contribution in [0.15, 0.2) is 0 Å². The zero-order valence-electron chi connectivity index (χ0n) is 66.2. The second kappa shape index (κ2) is 42.2. The second-order valence-electron chi connectivity index (χ2n) is 34.6. The van der Waals surface area contributed by atoms with Crippen LogP contribution in [0.25, 0.3) is 0 Å². The van der Waals surface area contributed by atoms with Gasteiger partial charge in [-0.1, -0.05) is 0 Å². The predicted molar refractivity (Wildman–Crippen MR) is 372 cm³/mol. The molecule has 41 nitrogen and oxygen atoms in total. The van der Waals surface area contributed by atoms with Crippen molar-refractivity contribution < 1.29 is 200 Å². The van der Waals surface area contributed by atoms with E-state index in [-0.39, 0.29) is 70.3 Å². The van der Waals surface area contributed by atoms with Gasteiger partial charge in [-0.15, -0.1) is 0 Å². The molecular weight excluding hydrogens is 1460 g/mol. The summed E-state index contributed by atoms with van der Waals surface area (Å²) in [5, 5.41) is 207. The molecular formula is C68H136N5O36+5. The van der Waals surface area contributed by atoms with Crippen molar-refractivity contribution in [1.29, 1.82) is 0 Å². The molecule has 0 spiro atoms. The van der Waals surface area contributed by atoms with Gasteiger partial charge in [-0.05, 0) is 0 Å². The third kappa shape index (κ3) is 29.4. The molecule has 0 aromatic heterocycles. The van der Waals surface area contributed by atoms with Gasteiger partial charge in [0.15, 0.2) is 37.7 Å². The molecule has 6 rings (SSSR count). The molecule has 0 aromatic rings. The molecule has 109 heavy (non-hydrogen) atoms. The first-order chi connectivity index (χ1) is 50.5. The smallest absolute Gasteiger partial charge is 0.187 e. The molecule has 0 radical (unpaired) electrons. The van der Waals surface area contributed by atoms with Crippen LogP contribution >= 0.6 is 0 Å².